The molecule has 1 aromatic rings. The highest BCUT2D eigenvalue weighted by molar-refractivity contribution is 5.92. The zero-order chi connectivity index (χ0) is 16.0. The molecule has 2 aliphatic rings. The molecular formula is C17H17F3O2. The highest BCUT2D eigenvalue weighted by Gasteiger charge is 2.48. The number of benzene rings is 1. The van der Waals surface area contributed by atoms with Gasteiger partial charge in [-0.25, -0.2) is 0 Å². The van der Waals surface area contributed by atoms with Gasteiger partial charge in [0.05, 0.1) is 6.42 Å². The van der Waals surface area contributed by atoms with E-state index in [1.165, 1.54) is 12.1 Å². The number of phenols is 1. The van der Waals surface area contributed by atoms with E-state index in [0.717, 1.165) is 5.56 Å². The molecule has 0 heterocycles. The van der Waals surface area contributed by atoms with E-state index >= 15 is 0 Å². The smallest absolute Gasteiger partial charge is 0.390 e. The van der Waals surface area contributed by atoms with Gasteiger partial charge < -0.3 is 5.11 Å². The number of carbonyl (C=O) groups excluding carboxylic acids is 1. The van der Waals surface area contributed by atoms with Crippen molar-refractivity contribution in [2.45, 2.75) is 50.1 Å². The van der Waals surface area contributed by atoms with Crippen molar-refractivity contribution in [3.63, 3.8) is 0 Å². The Bertz CT molecular complexity index is 646. The molecule has 0 amide bonds. The minimum Gasteiger partial charge on any atom is -0.508 e. The molecule has 0 radical (unpaired) electrons. The molecule has 1 atom stereocenters. The molecule has 3 rings (SSSR count). The Kier molecular flexibility index (Phi) is 3.54. The zero-order valence-corrected chi connectivity index (χ0v) is 12.0. The molecule has 2 aliphatic carbocycles. The van der Waals surface area contributed by atoms with E-state index in [1.807, 2.05) is 0 Å². The van der Waals surface area contributed by atoms with E-state index < -0.39 is 18.0 Å². The van der Waals surface area contributed by atoms with E-state index in [4.69, 9.17) is 0 Å². The van der Waals surface area contributed by atoms with Gasteiger partial charge in [0.25, 0.3) is 0 Å². The summed E-state index contributed by atoms with van der Waals surface area (Å²) in [7, 11) is 0. The van der Waals surface area contributed by atoms with Crippen LogP contribution in [0.1, 0.15) is 43.2 Å². The van der Waals surface area contributed by atoms with Crippen molar-refractivity contribution >= 4 is 5.78 Å². The summed E-state index contributed by atoms with van der Waals surface area (Å²) >= 11 is 0. The van der Waals surface area contributed by atoms with Gasteiger partial charge in [-0.05, 0) is 55.0 Å². The first-order chi connectivity index (χ1) is 10.3. The van der Waals surface area contributed by atoms with Crippen LogP contribution in [0.2, 0.25) is 0 Å². The van der Waals surface area contributed by atoms with E-state index in [-0.39, 0.29) is 24.4 Å². The van der Waals surface area contributed by atoms with Crippen LogP contribution >= 0.6 is 0 Å². The fourth-order valence-electron chi connectivity index (χ4n) is 3.88. The van der Waals surface area contributed by atoms with Gasteiger partial charge >= 0.3 is 6.18 Å². The van der Waals surface area contributed by atoms with Crippen molar-refractivity contribution in [3.8, 4) is 5.75 Å². The summed E-state index contributed by atoms with van der Waals surface area (Å²) in [6.45, 7) is 0. The van der Waals surface area contributed by atoms with Gasteiger partial charge in [0, 0.05) is 11.8 Å². The Labute approximate surface area is 126 Å². The summed E-state index contributed by atoms with van der Waals surface area (Å²) in [5.74, 6) is -0.0183. The largest absolute Gasteiger partial charge is 0.508 e. The molecule has 1 aromatic carbocycles. The first-order valence-corrected chi connectivity index (χ1v) is 7.43. The number of alkyl halides is 3. The number of fused-ring (bicyclic) bond motifs is 3. The number of allylic oxidation sites excluding steroid dienone is 2. The third kappa shape index (κ3) is 2.64. The van der Waals surface area contributed by atoms with Crippen LogP contribution in [0.4, 0.5) is 13.2 Å². The van der Waals surface area contributed by atoms with Crippen LogP contribution in [0.5, 0.6) is 5.75 Å². The molecule has 0 saturated heterocycles. The molecule has 0 aliphatic heterocycles. The van der Waals surface area contributed by atoms with Gasteiger partial charge in [0.2, 0.25) is 0 Å². The highest BCUT2D eigenvalue weighted by Crippen LogP contribution is 2.51. The Morgan fingerprint density at radius 2 is 1.95 bits per heavy atom. The maximum absolute atomic E-state index is 13.2. The number of halogens is 3. The van der Waals surface area contributed by atoms with Crippen LogP contribution in [0.25, 0.3) is 0 Å². The first kappa shape index (κ1) is 15.1. The van der Waals surface area contributed by atoms with Crippen LogP contribution in [0, 0.1) is 0 Å². The van der Waals surface area contributed by atoms with Crippen LogP contribution < -0.4 is 0 Å². The lowest BCUT2D eigenvalue weighted by Gasteiger charge is -2.39. The van der Waals surface area contributed by atoms with Gasteiger partial charge in [-0.3, -0.25) is 4.79 Å². The Hall–Kier alpha value is -1.78. The zero-order valence-electron chi connectivity index (χ0n) is 12.0. The molecule has 0 fully saturated rings. The normalized spacial score (nSPS) is 25.0. The molecule has 5 heteroatoms. The van der Waals surface area contributed by atoms with Crippen molar-refractivity contribution in [2.24, 2.45) is 0 Å². The second-order valence-corrected chi connectivity index (χ2v) is 6.20. The maximum Gasteiger partial charge on any atom is 0.390 e. The Morgan fingerprint density at radius 3 is 2.68 bits per heavy atom. The second-order valence-electron chi connectivity index (χ2n) is 6.20. The monoisotopic (exact) mass is 310 g/mol. The number of carbonyl (C=O) groups is 1. The summed E-state index contributed by atoms with van der Waals surface area (Å²) in [4.78, 5) is 11.7. The summed E-state index contributed by atoms with van der Waals surface area (Å²) in [5, 5.41) is 9.64. The Balaban J connectivity index is 2.21. The second kappa shape index (κ2) is 5.14. The molecule has 0 spiro atoms. The van der Waals surface area contributed by atoms with E-state index in [1.54, 1.807) is 12.1 Å². The third-order valence-electron chi connectivity index (χ3n) is 4.75. The molecule has 1 N–H and O–H groups in total. The molecule has 0 saturated carbocycles. The lowest BCUT2D eigenvalue weighted by Crippen LogP contribution is -2.37. The minimum absolute atomic E-state index is 0.0697. The molecule has 22 heavy (non-hydrogen) atoms. The van der Waals surface area contributed by atoms with Crippen LogP contribution in [-0.2, 0) is 16.6 Å². The Morgan fingerprint density at radius 1 is 1.18 bits per heavy atom. The standard InChI is InChI=1S/C17H17F3O2/c18-17(19,20)10-16-7-6-14(22)9-12(16)3-1-2-11-8-13(21)4-5-15(11)16/h4-5,8-9,21H,1-3,6-7,10H2. The summed E-state index contributed by atoms with van der Waals surface area (Å²) < 4.78 is 39.7. The number of hydrogen-bond donors (Lipinski definition) is 1. The number of hydrogen-bond acceptors (Lipinski definition) is 2. The number of rotatable bonds is 1. The van der Waals surface area contributed by atoms with E-state index in [0.29, 0.717) is 30.4 Å². The van der Waals surface area contributed by atoms with Crippen molar-refractivity contribution in [2.75, 3.05) is 0 Å². The summed E-state index contributed by atoms with van der Waals surface area (Å²) in [5.41, 5.74) is 0.845. The maximum atomic E-state index is 13.2. The van der Waals surface area contributed by atoms with Crippen LogP contribution in [0.3, 0.4) is 0 Å². The lowest BCUT2D eigenvalue weighted by atomic mass is 9.64. The highest BCUT2D eigenvalue weighted by atomic mass is 19.4. The van der Waals surface area contributed by atoms with Crippen molar-refractivity contribution in [3.05, 3.63) is 41.0 Å². The number of phenolic OH excluding ortho intramolecular Hbond substituents is 1. The molecule has 0 bridgehead atoms. The number of ketones is 1. The van der Waals surface area contributed by atoms with Gasteiger partial charge in [-0.1, -0.05) is 11.6 Å². The average molecular weight is 310 g/mol. The predicted octanol–water partition coefficient (Wildman–Crippen LogP) is 4.21. The fraction of sp³-hybridized carbons (Fsp3) is 0.471. The lowest BCUT2D eigenvalue weighted by molar-refractivity contribution is -0.147. The quantitative estimate of drug-likeness (QED) is 0.844. The number of aromatic hydroxyl groups is 1. The first-order valence-electron chi connectivity index (χ1n) is 7.43. The van der Waals surface area contributed by atoms with Gasteiger partial charge in [0.15, 0.2) is 5.78 Å². The third-order valence-corrected chi connectivity index (χ3v) is 4.75. The SMILES string of the molecule is O=C1C=C2CCCc3cc(O)ccc3C2(CC(F)(F)F)CC1. The average Bonchev–Trinajstić information content (AvgIpc) is 2.54. The van der Waals surface area contributed by atoms with Crippen LogP contribution in [0.15, 0.2) is 29.8 Å². The minimum atomic E-state index is -4.31. The summed E-state index contributed by atoms with van der Waals surface area (Å²) in [6, 6.07) is 4.61. The molecule has 1 unspecified atom stereocenters. The molecule has 0 aromatic heterocycles. The van der Waals surface area contributed by atoms with Gasteiger partial charge in [-0.2, -0.15) is 13.2 Å². The van der Waals surface area contributed by atoms with Crippen LogP contribution in [-0.4, -0.2) is 17.1 Å². The van der Waals surface area contributed by atoms with Crippen molar-refractivity contribution < 1.29 is 23.1 Å². The number of aryl methyl sites for hydroxylation is 1. The topological polar surface area (TPSA) is 37.3 Å². The predicted molar refractivity (Wildman–Crippen MR) is 75.7 cm³/mol. The van der Waals surface area contributed by atoms with Crippen molar-refractivity contribution in [1.82, 2.24) is 0 Å². The van der Waals surface area contributed by atoms with Gasteiger partial charge in [0.1, 0.15) is 5.75 Å². The van der Waals surface area contributed by atoms with E-state index in [2.05, 4.69) is 0 Å². The fourth-order valence-corrected chi connectivity index (χ4v) is 3.88. The summed E-state index contributed by atoms with van der Waals surface area (Å²) in [6.07, 6.45) is -1.69. The molecule has 2 nitrogen and oxygen atoms in total. The van der Waals surface area contributed by atoms with Gasteiger partial charge in [-0.15, -0.1) is 0 Å². The molecule has 118 valence electrons. The molecular weight excluding hydrogens is 293 g/mol. The van der Waals surface area contributed by atoms with E-state index in [9.17, 15) is 23.1 Å². The van der Waals surface area contributed by atoms with Crippen molar-refractivity contribution in [1.29, 1.82) is 0 Å².